The molecule has 1 saturated carbocycles. The molecule has 142 valence electrons. The number of hydrogen-bond acceptors (Lipinski definition) is 8. The Hall–Kier alpha value is -3.27. The number of nitrogens with zero attached hydrogens (tertiary/aromatic N) is 5. The molecule has 0 saturated heterocycles. The molecule has 0 unspecified atom stereocenters. The van der Waals surface area contributed by atoms with E-state index in [0.717, 1.165) is 24.2 Å². The number of ether oxygens (including phenoxy) is 1. The van der Waals surface area contributed by atoms with E-state index in [1.165, 1.54) is 37.1 Å². The molecule has 0 N–H and O–H groups in total. The fourth-order valence-electron chi connectivity index (χ4n) is 2.79. The first kappa shape index (κ1) is 18.1. The highest BCUT2D eigenvalue weighted by Gasteiger charge is 2.31. The van der Waals surface area contributed by atoms with Gasteiger partial charge in [-0.15, -0.1) is 10.2 Å². The van der Waals surface area contributed by atoms with Gasteiger partial charge in [-0.1, -0.05) is 0 Å². The van der Waals surface area contributed by atoms with Crippen molar-refractivity contribution in [2.24, 2.45) is 0 Å². The summed E-state index contributed by atoms with van der Waals surface area (Å²) >= 11 is 1.24. The molecule has 0 spiro atoms. The molecule has 0 bridgehead atoms. The van der Waals surface area contributed by atoms with Crippen molar-refractivity contribution >= 4 is 23.4 Å². The van der Waals surface area contributed by atoms with Crippen LogP contribution in [0.15, 0.2) is 52.8 Å². The lowest BCUT2D eigenvalue weighted by atomic mass is 10.2. The number of carbonyl (C=O) groups is 1. The number of hydrogen-bond donors (Lipinski definition) is 0. The van der Waals surface area contributed by atoms with Crippen LogP contribution in [0, 0.1) is 10.1 Å². The smallest absolute Gasteiger partial charge is 0.339 e. The Morgan fingerprint density at radius 3 is 2.64 bits per heavy atom. The number of esters is 1. The molecule has 28 heavy (non-hydrogen) atoms. The highest BCUT2D eigenvalue weighted by atomic mass is 32.2. The van der Waals surface area contributed by atoms with E-state index in [1.54, 1.807) is 12.4 Å². The highest BCUT2D eigenvalue weighted by Crippen LogP contribution is 2.43. The molecule has 0 amide bonds. The molecule has 1 fully saturated rings. The van der Waals surface area contributed by atoms with Crippen LogP contribution in [0.4, 0.5) is 5.69 Å². The van der Waals surface area contributed by atoms with Gasteiger partial charge in [0.05, 0.1) is 17.6 Å². The minimum Gasteiger partial charge on any atom is -0.465 e. The van der Waals surface area contributed by atoms with E-state index in [2.05, 4.69) is 15.2 Å². The van der Waals surface area contributed by atoms with Gasteiger partial charge in [0, 0.05) is 41.0 Å². The van der Waals surface area contributed by atoms with Gasteiger partial charge in [0.25, 0.3) is 5.69 Å². The van der Waals surface area contributed by atoms with E-state index in [9.17, 15) is 14.9 Å². The lowest BCUT2D eigenvalue weighted by Gasteiger charge is -2.10. The average Bonchev–Trinajstić information content (AvgIpc) is 3.48. The summed E-state index contributed by atoms with van der Waals surface area (Å²) in [6, 6.07) is 8.13. The summed E-state index contributed by atoms with van der Waals surface area (Å²) in [5, 5.41) is 20.3. The van der Waals surface area contributed by atoms with E-state index >= 15 is 0 Å². The topological polar surface area (TPSA) is 113 Å². The van der Waals surface area contributed by atoms with Gasteiger partial charge in [0.1, 0.15) is 0 Å². The lowest BCUT2D eigenvalue weighted by molar-refractivity contribution is -0.384. The number of carbonyl (C=O) groups excluding carboxylic acids is 1. The molecule has 1 aromatic carbocycles. The zero-order valence-electron chi connectivity index (χ0n) is 14.8. The summed E-state index contributed by atoms with van der Waals surface area (Å²) in [4.78, 5) is 27.2. The van der Waals surface area contributed by atoms with Crippen molar-refractivity contribution in [3.63, 3.8) is 0 Å². The first-order valence-electron chi connectivity index (χ1n) is 8.48. The van der Waals surface area contributed by atoms with Crippen LogP contribution >= 0.6 is 11.8 Å². The van der Waals surface area contributed by atoms with E-state index in [-0.39, 0.29) is 11.3 Å². The second kappa shape index (κ2) is 7.39. The minimum atomic E-state index is -0.641. The number of nitro groups is 1. The Morgan fingerprint density at radius 2 is 2.00 bits per heavy atom. The second-order valence-corrected chi connectivity index (χ2v) is 7.18. The van der Waals surface area contributed by atoms with Crippen molar-refractivity contribution in [3.05, 3.63) is 58.4 Å². The summed E-state index contributed by atoms with van der Waals surface area (Å²) in [5.74, 6) is 0.0898. The van der Waals surface area contributed by atoms with Gasteiger partial charge in [0.2, 0.25) is 0 Å². The largest absolute Gasteiger partial charge is 0.465 e. The second-order valence-electron chi connectivity index (χ2n) is 6.17. The van der Waals surface area contributed by atoms with Crippen molar-refractivity contribution in [1.82, 2.24) is 19.7 Å². The Morgan fingerprint density at radius 1 is 1.25 bits per heavy atom. The summed E-state index contributed by atoms with van der Waals surface area (Å²) in [6.45, 7) is 0. The quantitative estimate of drug-likeness (QED) is 0.353. The van der Waals surface area contributed by atoms with Gasteiger partial charge in [0.15, 0.2) is 11.0 Å². The maximum Gasteiger partial charge on any atom is 0.339 e. The van der Waals surface area contributed by atoms with Gasteiger partial charge in [-0.25, -0.2) is 4.79 Å². The van der Waals surface area contributed by atoms with Crippen LogP contribution in [0.1, 0.15) is 29.2 Å². The number of benzene rings is 1. The van der Waals surface area contributed by atoms with Gasteiger partial charge < -0.3 is 4.74 Å². The normalized spacial score (nSPS) is 13.3. The Kier molecular flexibility index (Phi) is 4.78. The predicted molar refractivity (Wildman–Crippen MR) is 100 cm³/mol. The number of aromatic nitrogens is 4. The van der Waals surface area contributed by atoms with Crippen LogP contribution in [0.5, 0.6) is 0 Å². The Bertz CT molecular complexity index is 1050. The first-order valence-corrected chi connectivity index (χ1v) is 9.30. The van der Waals surface area contributed by atoms with Gasteiger partial charge >= 0.3 is 5.97 Å². The van der Waals surface area contributed by atoms with Crippen LogP contribution < -0.4 is 0 Å². The highest BCUT2D eigenvalue weighted by molar-refractivity contribution is 7.99. The monoisotopic (exact) mass is 397 g/mol. The van der Waals surface area contributed by atoms with Crippen LogP contribution in [-0.2, 0) is 4.74 Å². The molecular weight excluding hydrogens is 382 g/mol. The van der Waals surface area contributed by atoms with E-state index in [0.29, 0.717) is 16.1 Å². The van der Waals surface area contributed by atoms with E-state index in [4.69, 9.17) is 4.74 Å². The molecule has 2 heterocycles. The molecule has 4 rings (SSSR count). The van der Waals surface area contributed by atoms with Crippen molar-refractivity contribution < 1.29 is 14.5 Å². The zero-order valence-corrected chi connectivity index (χ0v) is 15.6. The summed E-state index contributed by atoms with van der Waals surface area (Å²) in [7, 11) is 1.24. The van der Waals surface area contributed by atoms with Crippen LogP contribution in [0.25, 0.3) is 11.4 Å². The predicted octanol–water partition coefficient (Wildman–Crippen LogP) is 3.52. The molecule has 0 radical (unpaired) electrons. The molecule has 1 aliphatic carbocycles. The van der Waals surface area contributed by atoms with Gasteiger partial charge in [-0.2, -0.15) is 0 Å². The van der Waals surface area contributed by atoms with Crippen molar-refractivity contribution in [2.75, 3.05) is 7.11 Å². The van der Waals surface area contributed by atoms with Crippen molar-refractivity contribution in [3.8, 4) is 11.4 Å². The fourth-order valence-corrected chi connectivity index (χ4v) is 3.80. The number of non-ortho nitro benzene ring substituents is 1. The van der Waals surface area contributed by atoms with Crippen molar-refractivity contribution in [1.29, 1.82) is 0 Å². The number of methoxy groups -OCH3 is 1. The Balaban J connectivity index is 1.75. The Labute approximate surface area is 163 Å². The number of nitro benzene ring substituents is 1. The zero-order chi connectivity index (χ0) is 19.7. The number of pyridine rings is 1. The van der Waals surface area contributed by atoms with Crippen LogP contribution in [-0.4, -0.2) is 37.8 Å². The van der Waals surface area contributed by atoms with E-state index < -0.39 is 10.9 Å². The number of rotatable bonds is 6. The fraction of sp³-hybridized carbons (Fsp3) is 0.222. The SMILES string of the molecule is COC(=O)c1cc([N+](=O)[O-])ccc1Sc1nnc(-c2ccncc2)n1C1CC1. The third kappa shape index (κ3) is 3.46. The third-order valence-corrected chi connectivity index (χ3v) is 5.33. The molecule has 0 aliphatic heterocycles. The first-order chi connectivity index (χ1) is 13.6. The lowest BCUT2D eigenvalue weighted by Crippen LogP contribution is -2.05. The minimum absolute atomic E-state index is 0.123. The van der Waals surface area contributed by atoms with Crippen molar-refractivity contribution in [2.45, 2.75) is 28.9 Å². The van der Waals surface area contributed by atoms with Gasteiger partial charge in [-0.3, -0.25) is 19.7 Å². The summed E-state index contributed by atoms with van der Waals surface area (Å²) in [5.41, 5.74) is 0.849. The average molecular weight is 397 g/mol. The van der Waals surface area contributed by atoms with Gasteiger partial charge in [-0.05, 0) is 42.8 Å². The standard InChI is InChI=1S/C18H15N5O4S/c1-27-17(24)14-10-13(23(25)26)4-5-15(14)28-18-21-20-16(22(18)12-2-3-12)11-6-8-19-9-7-11/h4-10,12H,2-3H2,1H3. The molecule has 2 aromatic heterocycles. The third-order valence-electron chi connectivity index (χ3n) is 4.30. The van der Waals surface area contributed by atoms with Crippen LogP contribution in [0.3, 0.4) is 0 Å². The molecule has 3 aromatic rings. The molecule has 0 atom stereocenters. The molecule has 9 nitrogen and oxygen atoms in total. The maximum atomic E-state index is 12.1. The molecule has 10 heteroatoms. The molecular formula is C18H15N5O4S. The summed E-state index contributed by atoms with van der Waals surface area (Å²) < 4.78 is 6.83. The van der Waals surface area contributed by atoms with E-state index in [1.807, 2.05) is 16.7 Å². The molecule has 1 aliphatic rings. The summed E-state index contributed by atoms with van der Waals surface area (Å²) in [6.07, 6.45) is 5.43. The van der Waals surface area contributed by atoms with Crippen LogP contribution in [0.2, 0.25) is 0 Å². The maximum absolute atomic E-state index is 12.1.